The summed E-state index contributed by atoms with van der Waals surface area (Å²) in [5, 5.41) is 2.88. The van der Waals surface area contributed by atoms with Crippen molar-refractivity contribution in [1.82, 2.24) is 10.3 Å². The number of amides is 1. The molecule has 21 heavy (non-hydrogen) atoms. The molecule has 0 saturated heterocycles. The van der Waals surface area contributed by atoms with Crippen molar-refractivity contribution in [3.05, 3.63) is 57.9 Å². The zero-order chi connectivity index (χ0) is 15.2. The molecule has 0 saturated carbocycles. The fourth-order valence-electron chi connectivity index (χ4n) is 2.11. The highest BCUT2D eigenvalue weighted by molar-refractivity contribution is 7.71. The van der Waals surface area contributed by atoms with Crippen molar-refractivity contribution in [3.63, 3.8) is 0 Å². The molecule has 2 N–H and O–H groups in total. The van der Waals surface area contributed by atoms with Gasteiger partial charge in [-0.2, -0.15) is 0 Å². The molecule has 0 aliphatic rings. The standard InChI is InChI=1S/C16H18N2O2S/c1-11-5-6-14(20-2)12(10-11)7-9-17-15(19)13-4-3-8-18-16(13)21/h3-6,8,10H,7,9H2,1-2H3,(H,17,19)(H,18,21). The number of aromatic amines is 1. The number of benzene rings is 1. The number of carbonyl (C=O) groups excluding carboxylic acids is 1. The largest absolute Gasteiger partial charge is 0.496 e. The molecule has 4 nitrogen and oxygen atoms in total. The van der Waals surface area contributed by atoms with Crippen LogP contribution in [0.3, 0.4) is 0 Å². The third-order valence-corrected chi connectivity index (χ3v) is 3.52. The number of rotatable bonds is 5. The molecule has 2 aromatic rings. The predicted molar refractivity (Wildman–Crippen MR) is 85.4 cm³/mol. The molecule has 0 unspecified atom stereocenters. The van der Waals surface area contributed by atoms with Crippen LogP contribution in [0.5, 0.6) is 5.75 Å². The van der Waals surface area contributed by atoms with Crippen molar-refractivity contribution in [2.45, 2.75) is 13.3 Å². The summed E-state index contributed by atoms with van der Waals surface area (Å²) in [7, 11) is 1.65. The second-order valence-corrected chi connectivity index (χ2v) is 5.14. The molecule has 0 fully saturated rings. The molecule has 1 amide bonds. The Morgan fingerprint density at radius 3 is 2.90 bits per heavy atom. The van der Waals surface area contributed by atoms with Gasteiger partial charge in [0.25, 0.3) is 5.91 Å². The van der Waals surface area contributed by atoms with Crippen LogP contribution in [0.25, 0.3) is 0 Å². The molecule has 1 heterocycles. The van der Waals surface area contributed by atoms with Crippen LogP contribution in [0.15, 0.2) is 36.5 Å². The molecule has 0 aliphatic heterocycles. The maximum absolute atomic E-state index is 12.0. The quantitative estimate of drug-likeness (QED) is 0.835. The minimum atomic E-state index is -0.163. The van der Waals surface area contributed by atoms with Crippen LogP contribution in [0.4, 0.5) is 0 Å². The van der Waals surface area contributed by atoms with Crippen molar-refractivity contribution in [1.29, 1.82) is 0 Å². The van der Waals surface area contributed by atoms with Crippen molar-refractivity contribution < 1.29 is 9.53 Å². The Labute approximate surface area is 129 Å². The monoisotopic (exact) mass is 302 g/mol. The van der Waals surface area contributed by atoms with Gasteiger partial charge in [-0.15, -0.1) is 0 Å². The lowest BCUT2D eigenvalue weighted by Gasteiger charge is -2.10. The molecule has 2 rings (SSSR count). The Balaban J connectivity index is 1.99. The Morgan fingerprint density at radius 2 is 2.19 bits per heavy atom. The second-order valence-electron chi connectivity index (χ2n) is 4.73. The highest BCUT2D eigenvalue weighted by Crippen LogP contribution is 2.19. The highest BCUT2D eigenvalue weighted by Gasteiger charge is 2.08. The number of methoxy groups -OCH3 is 1. The first-order valence-electron chi connectivity index (χ1n) is 6.71. The van der Waals surface area contributed by atoms with E-state index < -0.39 is 0 Å². The summed E-state index contributed by atoms with van der Waals surface area (Å²) in [5.74, 6) is 0.676. The van der Waals surface area contributed by atoms with E-state index in [4.69, 9.17) is 17.0 Å². The van der Waals surface area contributed by atoms with Crippen molar-refractivity contribution in [2.75, 3.05) is 13.7 Å². The average molecular weight is 302 g/mol. The first-order chi connectivity index (χ1) is 10.1. The summed E-state index contributed by atoms with van der Waals surface area (Å²) in [5.41, 5.74) is 2.74. The highest BCUT2D eigenvalue weighted by atomic mass is 32.1. The SMILES string of the molecule is COc1ccc(C)cc1CCNC(=O)c1ccc[nH]c1=S. The number of H-pyrrole nitrogens is 1. The molecule has 0 atom stereocenters. The molecule has 0 radical (unpaired) electrons. The van der Waals surface area contributed by atoms with Gasteiger partial charge in [0.15, 0.2) is 0 Å². The van der Waals surface area contributed by atoms with E-state index in [0.29, 0.717) is 23.2 Å². The maximum atomic E-state index is 12.0. The number of aryl methyl sites for hydroxylation is 1. The third-order valence-electron chi connectivity index (χ3n) is 3.18. The molecule has 0 spiro atoms. The smallest absolute Gasteiger partial charge is 0.254 e. The Kier molecular flexibility index (Phi) is 5.11. The summed E-state index contributed by atoms with van der Waals surface area (Å²) < 4.78 is 5.77. The van der Waals surface area contributed by atoms with Crippen LogP contribution < -0.4 is 10.1 Å². The van der Waals surface area contributed by atoms with Crippen LogP contribution >= 0.6 is 12.2 Å². The maximum Gasteiger partial charge on any atom is 0.254 e. The summed E-state index contributed by atoms with van der Waals surface area (Å²) in [4.78, 5) is 14.9. The number of nitrogens with one attached hydrogen (secondary N) is 2. The fraction of sp³-hybridized carbons (Fsp3) is 0.250. The van der Waals surface area contributed by atoms with E-state index in [2.05, 4.69) is 16.4 Å². The van der Waals surface area contributed by atoms with E-state index in [1.165, 1.54) is 5.56 Å². The summed E-state index contributed by atoms with van der Waals surface area (Å²) in [6, 6.07) is 9.49. The number of hydrogen-bond donors (Lipinski definition) is 2. The predicted octanol–water partition coefficient (Wildman–Crippen LogP) is 3.03. The van der Waals surface area contributed by atoms with Crippen LogP contribution in [-0.2, 0) is 6.42 Å². The van der Waals surface area contributed by atoms with Gasteiger partial charge in [-0.05, 0) is 37.1 Å². The van der Waals surface area contributed by atoms with E-state index in [1.807, 2.05) is 19.1 Å². The van der Waals surface area contributed by atoms with Crippen molar-refractivity contribution >= 4 is 18.1 Å². The first-order valence-corrected chi connectivity index (χ1v) is 7.12. The lowest BCUT2D eigenvalue weighted by atomic mass is 10.1. The van der Waals surface area contributed by atoms with Gasteiger partial charge in [0.1, 0.15) is 10.4 Å². The van der Waals surface area contributed by atoms with Gasteiger partial charge in [0.05, 0.1) is 12.7 Å². The van der Waals surface area contributed by atoms with E-state index in [0.717, 1.165) is 11.3 Å². The Bertz CT molecular complexity index is 695. The van der Waals surface area contributed by atoms with Crippen molar-refractivity contribution in [2.24, 2.45) is 0 Å². The number of pyridine rings is 1. The zero-order valence-corrected chi connectivity index (χ0v) is 12.9. The summed E-state index contributed by atoms with van der Waals surface area (Å²) in [6.45, 7) is 2.56. The zero-order valence-electron chi connectivity index (χ0n) is 12.1. The van der Waals surface area contributed by atoms with Crippen LogP contribution in [0.2, 0.25) is 0 Å². The number of aromatic nitrogens is 1. The second kappa shape index (κ2) is 7.04. The van der Waals surface area contributed by atoms with Gasteiger partial charge < -0.3 is 15.0 Å². The first kappa shape index (κ1) is 15.3. The number of ether oxygens (including phenoxy) is 1. The molecular weight excluding hydrogens is 284 g/mol. The number of hydrogen-bond acceptors (Lipinski definition) is 3. The van der Waals surface area contributed by atoms with Gasteiger partial charge in [0, 0.05) is 12.7 Å². The van der Waals surface area contributed by atoms with Crippen LogP contribution in [0, 0.1) is 11.6 Å². The van der Waals surface area contributed by atoms with Gasteiger partial charge in [-0.3, -0.25) is 4.79 Å². The molecular formula is C16H18N2O2S. The topological polar surface area (TPSA) is 54.1 Å². The van der Waals surface area contributed by atoms with E-state index in [1.54, 1.807) is 25.4 Å². The molecule has 1 aromatic heterocycles. The normalized spacial score (nSPS) is 10.2. The molecule has 1 aromatic carbocycles. The molecule has 110 valence electrons. The Morgan fingerprint density at radius 1 is 1.38 bits per heavy atom. The van der Waals surface area contributed by atoms with Crippen molar-refractivity contribution in [3.8, 4) is 5.75 Å². The van der Waals surface area contributed by atoms with Gasteiger partial charge in [0.2, 0.25) is 0 Å². The average Bonchev–Trinajstić information content (AvgIpc) is 2.48. The van der Waals surface area contributed by atoms with Crippen LogP contribution in [-0.4, -0.2) is 24.5 Å². The Hall–Kier alpha value is -2.14. The summed E-state index contributed by atoms with van der Waals surface area (Å²) in [6.07, 6.45) is 2.41. The number of carbonyl (C=O) groups is 1. The fourth-order valence-corrected chi connectivity index (χ4v) is 2.34. The van der Waals surface area contributed by atoms with E-state index in [-0.39, 0.29) is 5.91 Å². The van der Waals surface area contributed by atoms with Crippen LogP contribution in [0.1, 0.15) is 21.5 Å². The lowest BCUT2D eigenvalue weighted by molar-refractivity contribution is 0.0953. The minimum absolute atomic E-state index is 0.163. The summed E-state index contributed by atoms with van der Waals surface area (Å²) >= 11 is 5.09. The molecule has 0 bridgehead atoms. The van der Waals surface area contributed by atoms with Gasteiger partial charge in [-0.25, -0.2) is 0 Å². The molecule has 0 aliphatic carbocycles. The van der Waals surface area contributed by atoms with Gasteiger partial charge in [-0.1, -0.05) is 29.9 Å². The third kappa shape index (κ3) is 3.92. The minimum Gasteiger partial charge on any atom is -0.496 e. The van der Waals surface area contributed by atoms with Gasteiger partial charge >= 0.3 is 0 Å². The molecule has 5 heteroatoms. The lowest BCUT2D eigenvalue weighted by Crippen LogP contribution is -2.26. The van der Waals surface area contributed by atoms with E-state index in [9.17, 15) is 4.79 Å². The van der Waals surface area contributed by atoms with E-state index >= 15 is 0 Å².